The molecule has 0 amide bonds. The van der Waals surface area contributed by atoms with Crippen LogP contribution in [-0.4, -0.2) is 30.1 Å². The van der Waals surface area contributed by atoms with Crippen molar-refractivity contribution in [1.29, 1.82) is 0 Å². The third-order valence-corrected chi connectivity index (χ3v) is 5.18. The maximum absolute atomic E-state index is 6.35. The van der Waals surface area contributed by atoms with E-state index in [2.05, 4.69) is 25.7 Å². The van der Waals surface area contributed by atoms with Gasteiger partial charge in [-0.3, -0.25) is 4.90 Å². The van der Waals surface area contributed by atoms with Crippen LogP contribution in [-0.2, 0) is 0 Å². The van der Waals surface area contributed by atoms with Gasteiger partial charge in [0.25, 0.3) is 0 Å². The molecule has 2 rings (SSSR count). The fourth-order valence-electron chi connectivity index (χ4n) is 3.51. The van der Waals surface area contributed by atoms with E-state index >= 15 is 0 Å². The van der Waals surface area contributed by atoms with Crippen LogP contribution >= 0.6 is 0 Å². The molecule has 2 fully saturated rings. The lowest BCUT2D eigenvalue weighted by atomic mass is 9.77. The minimum absolute atomic E-state index is 0.430. The van der Waals surface area contributed by atoms with Crippen molar-refractivity contribution < 1.29 is 0 Å². The molecule has 0 bridgehead atoms. The molecule has 1 aliphatic heterocycles. The molecule has 0 spiro atoms. The molecule has 2 nitrogen and oxygen atoms in total. The van der Waals surface area contributed by atoms with E-state index < -0.39 is 0 Å². The van der Waals surface area contributed by atoms with Crippen LogP contribution in [0, 0.1) is 11.3 Å². The normalized spacial score (nSPS) is 39.2. The van der Waals surface area contributed by atoms with Crippen LogP contribution in [0.4, 0.5) is 0 Å². The Bertz CT molecular complexity index is 239. The van der Waals surface area contributed by atoms with Crippen molar-refractivity contribution in [3.8, 4) is 0 Å². The summed E-state index contributed by atoms with van der Waals surface area (Å²) in [6.45, 7) is 9.67. The third-order valence-electron chi connectivity index (χ3n) is 5.18. The Hall–Kier alpha value is -0.0800. The summed E-state index contributed by atoms with van der Waals surface area (Å²) in [5.41, 5.74) is 6.91. The zero-order chi connectivity index (χ0) is 12.5. The van der Waals surface area contributed by atoms with Crippen molar-refractivity contribution in [3.63, 3.8) is 0 Å². The molecule has 2 heteroatoms. The van der Waals surface area contributed by atoms with Crippen LogP contribution in [0.5, 0.6) is 0 Å². The molecule has 17 heavy (non-hydrogen) atoms. The largest absolute Gasteiger partial charge is 0.326 e. The minimum Gasteiger partial charge on any atom is -0.326 e. The number of hydrogen-bond donors (Lipinski definition) is 1. The van der Waals surface area contributed by atoms with Gasteiger partial charge in [-0.15, -0.1) is 0 Å². The summed E-state index contributed by atoms with van der Waals surface area (Å²) in [7, 11) is 0. The van der Waals surface area contributed by atoms with Gasteiger partial charge in [0.2, 0.25) is 0 Å². The number of likely N-dealkylation sites (tertiary alicyclic amines) is 1. The lowest BCUT2D eigenvalue weighted by Crippen LogP contribution is -2.54. The van der Waals surface area contributed by atoms with E-state index in [-0.39, 0.29) is 0 Å². The Balaban J connectivity index is 1.92. The van der Waals surface area contributed by atoms with Crippen LogP contribution in [0.3, 0.4) is 0 Å². The average molecular weight is 238 g/mol. The van der Waals surface area contributed by atoms with Crippen molar-refractivity contribution in [2.75, 3.05) is 13.1 Å². The second kappa shape index (κ2) is 5.27. The molecule has 0 aromatic carbocycles. The summed E-state index contributed by atoms with van der Waals surface area (Å²) in [4.78, 5) is 2.69. The maximum atomic E-state index is 6.35. The summed E-state index contributed by atoms with van der Waals surface area (Å²) in [5, 5.41) is 0. The minimum atomic E-state index is 0.430. The van der Waals surface area contributed by atoms with Gasteiger partial charge >= 0.3 is 0 Å². The molecule has 2 aliphatic rings. The van der Waals surface area contributed by atoms with Gasteiger partial charge in [-0.25, -0.2) is 0 Å². The van der Waals surface area contributed by atoms with Gasteiger partial charge in [-0.1, -0.05) is 27.2 Å². The van der Waals surface area contributed by atoms with Gasteiger partial charge in [-0.05, 0) is 56.5 Å². The highest BCUT2D eigenvalue weighted by atomic mass is 15.2. The van der Waals surface area contributed by atoms with Gasteiger partial charge in [0.15, 0.2) is 0 Å². The van der Waals surface area contributed by atoms with Crippen molar-refractivity contribution in [2.45, 2.75) is 71.4 Å². The van der Waals surface area contributed by atoms with E-state index in [9.17, 15) is 0 Å². The second-order valence-electron chi connectivity index (χ2n) is 7.02. The Morgan fingerprint density at radius 2 is 1.82 bits per heavy atom. The number of nitrogens with two attached hydrogens (primary N) is 1. The van der Waals surface area contributed by atoms with Crippen LogP contribution in [0.2, 0.25) is 0 Å². The summed E-state index contributed by atoms with van der Waals surface area (Å²) in [6.07, 6.45) is 7.96. The van der Waals surface area contributed by atoms with E-state index in [1.165, 1.54) is 51.6 Å². The van der Waals surface area contributed by atoms with Crippen LogP contribution in [0.25, 0.3) is 0 Å². The molecule has 1 aliphatic carbocycles. The van der Waals surface area contributed by atoms with Crippen LogP contribution < -0.4 is 5.73 Å². The van der Waals surface area contributed by atoms with Crippen molar-refractivity contribution in [2.24, 2.45) is 17.1 Å². The fourth-order valence-corrected chi connectivity index (χ4v) is 3.51. The number of rotatable bonds is 2. The lowest BCUT2D eigenvalue weighted by molar-refractivity contribution is 0.0528. The number of piperidine rings is 1. The highest BCUT2D eigenvalue weighted by Gasteiger charge is 2.35. The molecule has 0 aromatic heterocycles. The van der Waals surface area contributed by atoms with Gasteiger partial charge in [0, 0.05) is 12.1 Å². The molecule has 1 saturated carbocycles. The second-order valence-corrected chi connectivity index (χ2v) is 7.02. The molecular formula is C15H30N2. The van der Waals surface area contributed by atoms with E-state index in [0.29, 0.717) is 17.5 Å². The highest BCUT2D eigenvalue weighted by molar-refractivity contribution is 4.92. The monoisotopic (exact) mass is 238 g/mol. The topological polar surface area (TPSA) is 29.3 Å². The summed E-state index contributed by atoms with van der Waals surface area (Å²) < 4.78 is 0. The molecule has 1 saturated heterocycles. The average Bonchev–Trinajstić information content (AvgIpc) is 2.30. The summed E-state index contributed by atoms with van der Waals surface area (Å²) in [6, 6.07) is 1.10. The van der Waals surface area contributed by atoms with Crippen LogP contribution in [0.15, 0.2) is 0 Å². The van der Waals surface area contributed by atoms with Crippen LogP contribution in [0.1, 0.15) is 59.3 Å². The third kappa shape index (κ3) is 3.23. The zero-order valence-electron chi connectivity index (χ0n) is 11.9. The predicted octanol–water partition coefficient (Wildman–Crippen LogP) is 3.01. The first-order valence-electron chi connectivity index (χ1n) is 7.51. The first-order valence-corrected chi connectivity index (χ1v) is 7.51. The van der Waals surface area contributed by atoms with Crippen molar-refractivity contribution in [1.82, 2.24) is 4.90 Å². The molecule has 100 valence electrons. The molecule has 3 atom stereocenters. The number of nitrogens with zero attached hydrogens (tertiary/aromatic N) is 1. The first kappa shape index (κ1) is 13.4. The molecule has 0 aromatic rings. The summed E-state index contributed by atoms with van der Waals surface area (Å²) in [5.74, 6) is 0.926. The van der Waals surface area contributed by atoms with E-state index in [1.54, 1.807) is 0 Å². The van der Waals surface area contributed by atoms with Gasteiger partial charge in [-0.2, -0.15) is 0 Å². The SMILES string of the molecule is CCC1CCC(N)C(N2CCC(C)(C)CC2)C1. The number of hydrogen-bond acceptors (Lipinski definition) is 2. The highest BCUT2D eigenvalue weighted by Crippen LogP contribution is 2.35. The fraction of sp³-hybridized carbons (Fsp3) is 1.00. The molecular weight excluding hydrogens is 208 g/mol. The predicted molar refractivity (Wildman–Crippen MR) is 74.0 cm³/mol. The van der Waals surface area contributed by atoms with E-state index in [0.717, 1.165) is 5.92 Å². The molecule has 1 heterocycles. The Morgan fingerprint density at radius 3 is 2.41 bits per heavy atom. The Kier molecular flexibility index (Phi) is 4.14. The van der Waals surface area contributed by atoms with Crippen molar-refractivity contribution >= 4 is 0 Å². The standard InChI is InChI=1S/C15H30N2/c1-4-12-5-6-13(16)14(11-12)17-9-7-15(2,3)8-10-17/h12-14H,4-11,16H2,1-3H3. The quantitative estimate of drug-likeness (QED) is 0.801. The van der Waals surface area contributed by atoms with Gasteiger partial charge in [0.05, 0.1) is 0 Å². The van der Waals surface area contributed by atoms with Crippen molar-refractivity contribution in [3.05, 3.63) is 0 Å². The first-order chi connectivity index (χ1) is 8.02. The molecule has 0 radical (unpaired) electrons. The maximum Gasteiger partial charge on any atom is 0.0249 e. The Morgan fingerprint density at radius 1 is 1.18 bits per heavy atom. The van der Waals surface area contributed by atoms with E-state index in [1.807, 2.05) is 0 Å². The summed E-state index contributed by atoms with van der Waals surface area (Å²) >= 11 is 0. The molecule has 2 N–H and O–H groups in total. The Labute approximate surface area is 107 Å². The van der Waals surface area contributed by atoms with E-state index in [4.69, 9.17) is 5.73 Å². The van der Waals surface area contributed by atoms with Gasteiger partial charge < -0.3 is 5.73 Å². The smallest absolute Gasteiger partial charge is 0.0249 e. The zero-order valence-corrected chi connectivity index (χ0v) is 11.9. The van der Waals surface area contributed by atoms with Gasteiger partial charge in [0.1, 0.15) is 0 Å². The lowest BCUT2D eigenvalue weighted by Gasteiger charge is -2.46. The molecule has 3 unspecified atom stereocenters.